The molecule has 21 heavy (non-hydrogen) atoms. The maximum absolute atomic E-state index is 12.1. The zero-order valence-electron chi connectivity index (χ0n) is 13.1. The first-order valence-electron chi connectivity index (χ1n) is 6.81. The lowest BCUT2D eigenvalue weighted by atomic mass is 10.1. The van der Waals surface area contributed by atoms with E-state index in [9.17, 15) is 9.00 Å². The molecule has 1 N–H and O–H groups in total. The molecule has 0 fully saturated rings. The molecule has 0 aromatic heterocycles. The Kier molecular flexibility index (Phi) is 9.49. The van der Waals surface area contributed by atoms with Gasteiger partial charge in [-0.1, -0.05) is 12.1 Å². The summed E-state index contributed by atoms with van der Waals surface area (Å²) >= 11 is 0. The third-order valence-corrected chi connectivity index (χ3v) is 4.42. The predicted molar refractivity (Wildman–Crippen MR) is 90.4 cm³/mol. The van der Waals surface area contributed by atoms with Gasteiger partial charge in [0.15, 0.2) is 0 Å². The number of nitrogens with one attached hydrogen (secondary N) is 1. The highest BCUT2D eigenvalue weighted by Gasteiger charge is 2.16. The van der Waals surface area contributed by atoms with Crippen molar-refractivity contribution in [3.05, 3.63) is 29.8 Å². The second-order valence-electron chi connectivity index (χ2n) is 4.91. The van der Waals surface area contributed by atoms with E-state index in [-0.39, 0.29) is 24.4 Å². The molecule has 0 heterocycles. The Bertz CT molecular complexity index is 465. The van der Waals surface area contributed by atoms with Gasteiger partial charge in [0.1, 0.15) is 0 Å². The molecule has 2 atom stereocenters. The number of nitrogens with zero attached hydrogens (tertiary/aromatic N) is 1. The van der Waals surface area contributed by atoms with Crippen molar-refractivity contribution in [3.63, 3.8) is 0 Å². The average Bonchev–Trinajstić information content (AvgIpc) is 2.46. The summed E-state index contributed by atoms with van der Waals surface area (Å²) in [5.41, 5.74) is 1.06. The molecule has 0 spiro atoms. The van der Waals surface area contributed by atoms with Crippen LogP contribution >= 0.6 is 12.4 Å². The largest absolute Gasteiger partial charge is 0.339 e. The zero-order valence-corrected chi connectivity index (χ0v) is 14.7. The number of hydrogen-bond donors (Lipinski definition) is 1. The molecule has 1 rings (SSSR count). The van der Waals surface area contributed by atoms with Gasteiger partial charge < -0.3 is 10.2 Å². The molecular formula is C15H25ClN2O2S. The third-order valence-electron chi connectivity index (χ3n) is 3.49. The van der Waals surface area contributed by atoms with Gasteiger partial charge in [0, 0.05) is 35.4 Å². The molecule has 0 aliphatic carbocycles. The number of carbonyl (C=O) groups excluding carboxylic acids is 1. The van der Waals surface area contributed by atoms with Crippen LogP contribution in [0.4, 0.5) is 0 Å². The van der Waals surface area contributed by atoms with Gasteiger partial charge >= 0.3 is 0 Å². The van der Waals surface area contributed by atoms with Crippen molar-refractivity contribution >= 4 is 29.1 Å². The van der Waals surface area contributed by atoms with Crippen molar-refractivity contribution in [2.24, 2.45) is 0 Å². The Morgan fingerprint density at radius 1 is 1.33 bits per heavy atom. The Hall–Kier alpha value is -0.910. The maximum Gasteiger partial charge on any atom is 0.222 e. The number of rotatable bonds is 7. The normalized spacial score (nSPS) is 13.1. The molecule has 4 nitrogen and oxygen atoms in total. The van der Waals surface area contributed by atoms with E-state index in [0.29, 0.717) is 6.42 Å². The quantitative estimate of drug-likeness (QED) is 0.780. The van der Waals surface area contributed by atoms with E-state index in [1.54, 1.807) is 11.2 Å². The van der Waals surface area contributed by atoms with Gasteiger partial charge in [-0.3, -0.25) is 9.00 Å². The summed E-state index contributed by atoms with van der Waals surface area (Å²) in [6.45, 7) is 2.86. The van der Waals surface area contributed by atoms with Gasteiger partial charge in [-0.15, -0.1) is 12.4 Å². The first-order chi connectivity index (χ1) is 9.47. The first-order valence-corrected chi connectivity index (χ1v) is 8.36. The van der Waals surface area contributed by atoms with Gasteiger partial charge in [0.05, 0.1) is 6.04 Å². The Morgan fingerprint density at radius 3 is 2.38 bits per heavy atom. The summed E-state index contributed by atoms with van der Waals surface area (Å²) in [6, 6.07) is 7.64. The van der Waals surface area contributed by atoms with E-state index in [1.165, 1.54) is 0 Å². The van der Waals surface area contributed by atoms with Crippen molar-refractivity contribution in [1.29, 1.82) is 0 Å². The van der Waals surface area contributed by atoms with Crippen LogP contribution in [0.15, 0.2) is 29.2 Å². The smallest absolute Gasteiger partial charge is 0.222 e. The van der Waals surface area contributed by atoms with Crippen molar-refractivity contribution in [3.8, 4) is 0 Å². The summed E-state index contributed by atoms with van der Waals surface area (Å²) in [4.78, 5) is 14.6. The van der Waals surface area contributed by atoms with Crippen LogP contribution in [-0.4, -0.2) is 41.9 Å². The summed E-state index contributed by atoms with van der Waals surface area (Å²) < 4.78 is 11.4. The van der Waals surface area contributed by atoms with E-state index < -0.39 is 10.8 Å². The topological polar surface area (TPSA) is 49.4 Å². The standard InChI is InChI=1S/C15H24N2O2S.ClH/c1-12(17(3)15(18)6-5-11-16-2)13-7-9-14(10-8-13)20(4)19;/h7-10,12,16H,5-6,11H2,1-4H3;1H. The van der Waals surface area contributed by atoms with E-state index >= 15 is 0 Å². The van der Waals surface area contributed by atoms with Gasteiger partial charge in [0.25, 0.3) is 0 Å². The van der Waals surface area contributed by atoms with Crippen molar-refractivity contribution < 1.29 is 9.00 Å². The molecule has 1 amide bonds. The number of halogens is 1. The Morgan fingerprint density at radius 2 is 1.90 bits per heavy atom. The molecule has 6 heteroatoms. The van der Waals surface area contributed by atoms with Crippen molar-refractivity contribution in [1.82, 2.24) is 10.2 Å². The molecule has 0 bridgehead atoms. The number of carbonyl (C=O) groups is 1. The van der Waals surface area contributed by atoms with Crippen LogP contribution in [0.2, 0.25) is 0 Å². The number of hydrogen-bond acceptors (Lipinski definition) is 3. The van der Waals surface area contributed by atoms with Crippen LogP contribution in [0, 0.1) is 0 Å². The lowest BCUT2D eigenvalue weighted by molar-refractivity contribution is -0.131. The minimum absolute atomic E-state index is 0. The summed E-state index contributed by atoms with van der Waals surface area (Å²) in [7, 11) is 2.75. The molecule has 0 aliphatic rings. The van der Waals surface area contributed by atoms with Crippen molar-refractivity contribution in [2.45, 2.75) is 30.7 Å². The van der Waals surface area contributed by atoms with Crippen LogP contribution in [0.25, 0.3) is 0 Å². The molecule has 0 radical (unpaired) electrons. The van der Waals surface area contributed by atoms with Crippen LogP contribution in [0.3, 0.4) is 0 Å². The predicted octanol–water partition coefficient (Wildman–Crippen LogP) is 2.36. The Labute approximate surface area is 136 Å². The van der Waals surface area contributed by atoms with Crippen molar-refractivity contribution in [2.75, 3.05) is 26.9 Å². The summed E-state index contributed by atoms with van der Waals surface area (Å²) in [5.74, 6) is 0.149. The molecule has 0 saturated heterocycles. The molecular weight excluding hydrogens is 308 g/mol. The fourth-order valence-electron chi connectivity index (χ4n) is 1.97. The van der Waals surface area contributed by atoms with Crippen LogP contribution < -0.4 is 5.32 Å². The Balaban J connectivity index is 0.00000400. The molecule has 0 aliphatic heterocycles. The minimum atomic E-state index is -0.963. The van der Waals surface area contributed by atoms with E-state index in [0.717, 1.165) is 23.4 Å². The van der Waals surface area contributed by atoms with Crippen LogP contribution in [0.1, 0.15) is 31.4 Å². The molecule has 2 unspecified atom stereocenters. The lowest BCUT2D eigenvalue weighted by Crippen LogP contribution is -2.30. The van der Waals surface area contributed by atoms with Gasteiger partial charge in [-0.25, -0.2) is 0 Å². The van der Waals surface area contributed by atoms with Gasteiger partial charge in [-0.2, -0.15) is 0 Å². The second-order valence-corrected chi connectivity index (χ2v) is 6.29. The fraction of sp³-hybridized carbons (Fsp3) is 0.533. The minimum Gasteiger partial charge on any atom is -0.339 e. The highest BCUT2D eigenvalue weighted by Crippen LogP contribution is 2.20. The van der Waals surface area contributed by atoms with Crippen LogP contribution in [-0.2, 0) is 15.6 Å². The number of benzene rings is 1. The average molecular weight is 333 g/mol. The van der Waals surface area contributed by atoms with Gasteiger partial charge in [-0.05, 0) is 44.6 Å². The summed E-state index contributed by atoms with van der Waals surface area (Å²) in [6.07, 6.45) is 3.06. The van der Waals surface area contributed by atoms with E-state index in [1.807, 2.05) is 45.3 Å². The number of amides is 1. The highest BCUT2D eigenvalue weighted by atomic mass is 35.5. The molecule has 1 aromatic carbocycles. The monoisotopic (exact) mass is 332 g/mol. The van der Waals surface area contributed by atoms with Gasteiger partial charge in [0.2, 0.25) is 5.91 Å². The SMILES string of the molecule is CNCCCC(=O)N(C)C(C)c1ccc(S(C)=O)cc1.Cl. The fourth-order valence-corrected chi connectivity index (χ4v) is 2.49. The highest BCUT2D eigenvalue weighted by molar-refractivity contribution is 7.84. The third kappa shape index (κ3) is 6.16. The molecule has 120 valence electrons. The van der Waals surface area contributed by atoms with Crippen LogP contribution in [0.5, 0.6) is 0 Å². The second kappa shape index (κ2) is 9.92. The summed E-state index contributed by atoms with van der Waals surface area (Å²) in [5, 5.41) is 3.04. The molecule has 0 saturated carbocycles. The zero-order chi connectivity index (χ0) is 15.1. The van der Waals surface area contributed by atoms with E-state index in [4.69, 9.17) is 0 Å². The molecule has 1 aromatic rings. The maximum atomic E-state index is 12.1. The first kappa shape index (κ1) is 20.1. The van der Waals surface area contributed by atoms with E-state index in [2.05, 4.69) is 5.32 Å². The lowest BCUT2D eigenvalue weighted by Gasteiger charge is -2.25.